The summed E-state index contributed by atoms with van der Waals surface area (Å²) in [4.78, 5) is 30.2. The van der Waals surface area contributed by atoms with Crippen LogP contribution < -0.4 is 11.1 Å². The molecule has 3 aromatic heterocycles. The smallest absolute Gasteiger partial charge is 0.220 e. The number of allylic oxidation sites excluding steroid dienone is 1. The molecule has 0 saturated carbocycles. The maximum absolute atomic E-state index is 11.9. The van der Waals surface area contributed by atoms with Crippen LogP contribution in [-0.2, 0) is 4.79 Å². The van der Waals surface area contributed by atoms with Crippen LogP contribution in [0, 0.1) is 0 Å². The fourth-order valence-corrected chi connectivity index (χ4v) is 5.12. The Labute approximate surface area is 230 Å². The third kappa shape index (κ3) is 7.14. The molecule has 3 N–H and O–H groups in total. The van der Waals surface area contributed by atoms with E-state index in [1.165, 1.54) is 0 Å². The number of pyridine rings is 2. The molecule has 4 heterocycles. The Hall–Kier alpha value is -3.92. The summed E-state index contributed by atoms with van der Waals surface area (Å²) >= 11 is 0. The fourth-order valence-electron chi connectivity index (χ4n) is 5.12. The number of rotatable bonds is 9. The molecule has 0 spiro atoms. The summed E-state index contributed by atoms with van der Waals surface area (Å²) in [7, 11) is 0. The summed E-state index contributed by atoms with van der Waals surface area (Å²) in [6.45, 7) is 13.5. The summed E-state index contributed by atoms with van der Waals surface area (Å²) in [6, 6.07) is 8.20. The molecule has 0 radical (unpaired) electrons. The van der Waals surface area contributed by atoms with Gasteiger partial charge in [-0.1, -0.05) is 13.8 Å². The molecule has 1 fully saturated rings. The van der Waals surface area contributed by atoms with Crippen molar-refractivity contribution in [3.05, 3.63) is 54.0 Å². The Morgan fingerprint density at radius 3 is 2.62 bits per heavy atom. The van der Waals surface area contributed by atoms with Crippen molar-refractivity contribution in [1.82, 2.24) is 30.0 Å². The highest BCUT2D eigenvalue weighted by atomic mass is 16.2. The first-order valence-corrected chi connectivity index (χ1v) is 13.5. The molecule has 3 aromatic rings. The van der Waals surface area contributed by atoms with Crippen molar-refractivity contribution in [1.29, 1.82) is 0 Å². The van der Waals surface area contributed by atoms with Crippen LogP contribution >= 0.6 is 0 Å². The maximum atomic E-state index is 11.9. The monoisotopic (exact) mass is 529 g/mol. The zero-order chi connectivity index (χ0) is 27.9. The summed E-state index contributed by atoms with van der Waals surface area (Å²) in [5, 5.41) is 11.5. The van der Waals surface area contributed by atoms with E-state index in [0.29, 0.717) is 24.1 Å². The molecule has 0 aliphatic carbocycles. The number of hydrogen-bond donors (Lipinski definition) is 2. The third-order valence-corrected chi connectivity index (χ3v) is 7.00. The fraction of sp³-hybridized carbons (Fsp3) is 0.448. The number of carbonyl (C=O) groups excluding carboxylic acids is 1. The van der Waals surface area contributed by atoms with Gasteiger partial charge in [-0.3, -0.25) is 19.7 Å². The quantitative estimate of drug-likeness (QED) is 0.315. The van der Waals surface area contributed by atoms with Crippen LogP contribution in [0.15, 0.2) is 47.9 Å². The van der Waals surface area contributed by atoms with Crippen LogP contribution in [0.3, 0.4) is 0 Å². The second-order valence-electron chi connectivity index (χ2n) is 10.5. The van der Waals surface area contributed by atoms with Gasteiger partial charge in [-0.05, 0) is 56.0 Å². The molecular weight excluding hydrogens is 490 g/mol. The zero-order valence-electron chi connectivity index (χ0n) is 23.5. The molecule has 10 heteroatoms. The number of amides is 1. The highest BCUT2D eigenvalue weighted by Crippen LogP contribution is 2.22. The molecule has 2 atom stereocenters. The van der Waals surface area contributed by atoms with Gasteiger partial charge < -0.3 is 16.0 Å². The van der Waals surface area contributed by atoms with Gasteiger partial charge in [0, 0.05) is 74.9 Å². The maximum Gasteiger partial charge on any atom is 0.220 e. The van der Waals surface area contributed by atoms with Crippen molar-refractivity contribution in [3.63, 3.8) is 0 Å². The van der Waals surface area contributed by atoms with E-state index in [4.69, 9.17) is 10.7 Å². The number of nitrogens with one attached hydrogen (secondary N) is 1. The molecule has 39 heavy (non-hydrogen) atoms. The van der Waals surface area contributed by atoms with Crippen molar-refractivity contribution in [2.24, 2.45) is 10.7 Å². The summed E-state index contributed by atoms with van der Waals surface area (Å²) in [5.74, 6) is 1.82. The normalized spacial score (nSPS) is 18.8. The van der Waals surface area contributed by atoms with Crippen molar-refractivity contribution < 1.29 is 4.79 Å². The van der Waals surface area contributed by atoms with Gasteiger partial charge in [-0.2, -0.15) is 5.10 Å². The van der Waals surface area contributed by atoms with Crippen molar-refractivity contribution in [2.75, 3.05) is 31.5 Å². The van der Waals surface area contributed by atoms with Crippen molar-refractivity contribution >= 4 is 40.4 Å². The van der Waals surface area contributed by atoms with Gasteiger partial charge in [0.15, 0.2) is 5.82 Å². The Morgan fingerprint density at radius 2 is 1.92 bits per heavy atom. The number of carbonyl (C=O) groups is 1. The Morgan fingerprint density at radius 1 is 1.15 bits per heavy atom. The van der Waals surface area contributed by atoms with Gasteiger partial charge >= 0.3 is 0 Å². The lowest BCUT2D eigenvalue weighted by Gasteiger charge is -2.44. The van der Waals surface area contributed by atoms with E-state index in [-0.39, 0.29) is 18.0 Å². The lowest BCUT2D eigenvalue weighted by molar-refractivity contribution is -0.136. The number of aromatic nitrogens is 4. The van der Waals surface area contributed by atoms with Crippen molar-refractivity contribution in [3.8, 4) is 0 Å². The standard InChI is InChI=1S/C29H39N9O/c1-19(2)23-12-29(36-33-16-23)35-28-8-7-26-27(34-28)11-24(15-32-26)25(13-30)14-31-9-6-10-37-17-20(3)38(22(5)39)21(4)18-37/h7-8,11-16,19-21H,6,9-10,17-18,30H2,1-5H3,(H,34,35,36)/t20-,21+. The van der Waals surface area contributed by atoms with E-state index in [1.54, 1.807) is 31.7 Å². The molecule has 0 aromatic carbocycles. The molecule has 10 nitrogen and oxygen atoms in total. The van der Waals surface area contributed by atoms with Gasteiger partial charge in [0.2, 0.25) is 5.91 Å². The summed E-state index contributed by atoms with van der Waals surface area (Å²) in [5.41, 5.74) is 10.2. The van der Waals surface area contributed by atoms with E-state index in [2.05, 4.69) is 58.1 Å². The number of nitrogens with zero attached hydrogens (tertiary/aromatic N) is 7. The van der Waals surface area contributed by atoms with E-state index < -0.39 is 0 Å². The molecule has 0 bridgehead atoms. The molecule has 1 aliphatic heterocycles. The van der Waals surface area contributed by atoms with Gasteiger partial charge in [0.25, 0.3) is 0 Å². The van der Waals surface area contributed by atoms with E-state index >= 15 is 0 Å². The van der Waals surface area contributed by atoms with Crippen LogP contribution in [0.4, 0.5) is 11.6 Å². The predicted molar refractivity (Wildman–Crippen MR) is 157 cm³/mol. The average Bonchev–Trinajstić information content (AvgIpc) is 2.90. The Balaban J connectivity index is 1.36. The van der Waals surface area contributed by atoms with Crippen LogP contribution in [0.25, 0.3) is 16.6 Å². The van der Waals surface area contributed by atoms with Gasteiger partial charge in [0.1, 0.15) is 5.82 Å². The summed E-state index contributed by atoms with van der Waals surface area (Å²) in [6.07, 6.45) is 7.85. The highest BCUT2D eigenvalue weighted by Gasteiger charge is 2.30. The van der Waals surface area contributed by atoms with E-state index in [1.807, 2.05) is 29.2 Å². The first-order chi connectivity index (χ1) is 18.7. The molecule has 0 unspecified atom stereocenters. The lowest BCUT2D eigenvalue weighted by atomic mass is 10.1. The second-order valence-corrected chi connectivity index (χ2v) is 10.5. The molecule has 4 rings (SSSR count). The van der Waals surface area contributed by atoms with Gasteiger partial charge in [-0.25, -0.2) is 4.98 Å². The number of fused-ring (bicyclic) bond motifs is 1. The van der Waals surface area contributed by atoms with E-state index in [0.717, 1.165) is 53.8 Å². The average molecular weight is 530 g/mol. The van der Waals surface area contributed by atoms with Crippen LogP contribution in [0.2, 0.25) is 0 Å². The third-order valence-electron chi connectivity index (χ3n) is 7.00. The lowest BCUT2D eigenvalue weighted by Crippen LogP contribution is -2.58. The number of piperazine rings is 1. The molecular formula is C29H39N9O. The van der Waals surface area contributed by atoms with Gasteiger partial charge in [0.05, 0.1) is 17.2 Å². The van der Waals surface area contributed by atoms with Gasteiger partial charge in [-0.15, -0.1) is 5.10 Å². The first kappa shape index (κ1) is 28.1. The molecule has 206 valence electrons. The second kappa shape index (κ2) is 12.8. The van der Waals surface area contributed by atoms with Crippen LogP contribution in [0.1, 0.15) is 58.1 Å². The van der Waals surface area contributed by atoms with Crippen LogP contribution in [-0.4, -0.2) is 80.3 Å². The molecule has 1 aliphatic rings. The topological polar surface area (TPSA) is 126 Å². The molecule has 1 saturated heterocycles. The number of aliphatic imine (C=N–C) groups is 1. The SMILES string of the molecule is CC(=O)N1[C@H](C)CN(CCCN=CC(=CN)c2cnc3ccc(Nc4cc(C(C)C)cnn4)nc3c2)C[C@@H]1C. The Bertz CT molecular complexity index is 1340. The minimum absolute atomic E-state index is 0.150. The first-order valence-electron chi connectivity index (χ1n) is 13.5. The zero-order valence-corrected chi connectivity index (χ0v) is 23.5. The highest BCUT2D eigenvalue weighted by molar-refractivity contribution is 6.10. The minimum atomic E-state index is 0.150. The largest absolute Gasteiger partial charge is 0.404 e. The minimum Gasteiger partial charge on any atom is -0.404 e. The number of nitrogens with two attached hydrogens (primary N) is 1. The number of hydrogen-bond acceptors (Lipinski definition) is 9. The summed E-state index contributed by atoms with van der Waals surface area (Å²) < 4.78 is 0. The predicted octanol–water partition coefficient (Wildman–Crippen LogP) is 3.99. The Kier molecular flexibility index (Phi) is 9.19. The number of anilines is 2. The van der Waals surface area contributed by atoms with E-state index in [9.17, 15) is 4.79 Å². The van der Waals surface area contributed by atoms with Crippen LogP contribution in [0.5, 0.6) is 0 Å². The van der Waals surface area contributed by atoms with Crippen molar-refractivity contribution in [2.45, 2.75) is 59.0 Å². The molecule has 1 amide bonds.